The maximum atomic E-state index is 13.4. The summed E-state index contributed by atoms with van der Waals surface area (Å²) in [5.74, 6) is -0.847. The normalized spacial score (nSPS) is 12.0. The van der Waals surface area contributed by atoms with Gasteiger partial charge in [-0.2, -0.15) is 4.31 Å². The second kappa shape index (κ2) is 6.77. The Balaban J connectivity index is 2.72. The molecule has 0 aliphatic carbocycles. The molecule has 0 bridgehead atoms. The zero-order valence-electron chi connectivity index (χ0n) is 10.2. The number of aliphatic hydroxyl groups is 1. The van der Waals surface area contributed by atoms with Crippen LogP contribution in [0.15, 0.2) is 23.4 Å². The lowest BCUT2D eigenvalue weighted by molar-refractivity contribution is 0.281. The van der Waals surface area contributed by atoms with Gasteiger partial charge in [-0.3, -0.25) is 0 Å². The van der Waals surface area contributed by atoms with E-state index in [0.29, 0.717) is 12.8 Å². The van der Waals surface area contributed by atoms with E-state index in [4.69, 9.17) is 5.11 Å². The van der Waals surface area contributed by atoms with Crippen LogP contribution in [0.5, 0.6) is 0 Å². The highest BCUT2D eigenvalue weighted by atomic mass is 32.2. The molecule has 102 valence electrons. The molecule has 18 heavy (non-hydrogen) atoms. The van der Waals surface area contributed by atoms with Crippen molar-refractivity contribution in [2.24, 2.45) is 0 Å². The number of sulfonamides is 1. The predicted octanol–water partition coefficient (Wildman–Crippen LogP) is 1.00. The molecule has 0 aromatic carbocycles. The molecule has 0 aliphatic rings. The Bertz CT molecular complexity index is 479. The second-order valence-corrected chi connectivity index (χ2v) is 5.86. The highest BCUT2D eigenvalue weighted by molar-refractivity contribution is 7.89. The Morgan fingerprint density at radius 2 is 2.11 bits per heavy atom. The van der Waals surface area contributed by atoms with Gasteiger partial charge in [-0.05, 0) is 31.4 Å². The first-order chi connectivity index (χ1) is 8.50. The van der Waals surface area contributed by atoms with Crippen molar-refractivity contribution in [3.05, 3.63) is 24.1 Å². The van der Waals surface area contributed by atoms with E-state index >= 15 is 0 Å². The lowest BCUT2D eigenvalue weighted by atomic mass is 10.2. The summed E-state index contributed by atoms with van der Waals surface area (Å²) in [5.41, 5.74) is 0. The number of nitrogens with zero attached hydrogens (tertiary/aromatic N) is 2. The first-order valence-corrected chi connectivity index (χ1v) is 7.12. The first kappa shape index (κ1) is 15.0. The number of aliphatic hydroxyl groups excluding tert-OH is 1. The number of rotatable bonds is 7. The Labute approximate surface area is 106 Å². The zero-order chi connectivity index (χ0) is 13.6. The Morgan fingerprint density at radius 3 is 2.72 bits per heavy atom. The summed E-state index contributed by atoms with van der Waals surface area (Å²) < 4.78 is 38.4. The molecular formula is C11H17FN2O3S. The average molecular weight is 276 g/mol. The lowest BCUT2D eigenvalue weighted by Gasteiger charge is -2.16. The third-order valence-electron chi connectivity index (χ3n) is 2.51. The van der Waals surface area contributed by atoms with Gasteiger partial charge in [0.05, 0.1) is 0 Å². The Morgan fingerprint density at radius 1 is 1.39 bits per heavy atom. The van der Waals surface area contributed by atoms with Gasteiger partial charge in [-0.1, -0.05) is 0 Å². The van der Waals surface area contributed by atoms with E-state index in [1.807, 2.05) is 0 Å². The molecule has 1 aromatic rings. The molecule has 1 rings (SSSR count). The van der Waals surface area contributed by atoms with E-state index in [-0.39, 0.29) is 13.2 Å². The van der Waals surface area contributed by atoms with Crippen LogP contribution in [0.2, 0.25) is 0 Å². The average Bonchev–Trinajstić information content (AvgIpc) is 2.34. The van der Waals surface area contributed by atoms with Gasteiger partial charge < -0.3 is 5.11 Å². The third kappa shape index (κ3) is 3.72. The molecule has 0 saturated heterocycles. The summed E-state index contributed by atoms with van der Waals surface area (Å²) >= 11 is 0. The van der Waals surface area contributed by atoms with Crippen molar-refractivity contribution in [1.82, 2.24) is 9.29 Å². The van der Waals surface area contributed by atoms with Crippen molar-refractivity contribution in [3.63, 3.8) is 0 Å². The van der Waals surface area contributed by atoms with Crippen LogP contribution in [0.3, 0.4) is 0 Å². The van der Waals surface area contributed by atoms with E-state index in [1.165, 1.54) is 19.3 Å². The molecule has 1 heterocycles. The van der Waals surface area contributed by atoms with E-state index in [9.17, 15) is 12.8 Å². The van der Waals surface area contributed by atoms with Gasteiger partial charge in [0.15, 0.2) is 5.82 Å². The van der Waals surface area contributed by atoms with Crippen LogP contribution in [-0.2, 0) is 10.0 Å². The number of unbranched alkanes of at least 4 members (excludes halogenated alkanes) is 2. The fraction of sp³-hybridized carbons (Fsp3) is 0.545. The minimum absolute atomic E-state index is 0.0886. The number of halogens is 1. The number of aromatic nitrogens is 1. The number of hydrogen-bond donors (Lipinski definition) is 1. The smallest absolute Gasteiger partial charge is 0.263 e. The minimum atomic E-state index is -3.87. The highest BCUT2D eigenvalue weighted by Gasteiger charge is 2.25. The summed E-state index contributed by atoms with van der Waals surface area (Å²) in [6.07, 6.45) is 3.22. The third-order valence-corrected chi connectivity index (χ3v) is 4.30. The quantitative estimate of drug-likeness (QED) is 0.754. The highest BCUT2D eigenvalue weighted by Crippen LogP contribution is 2.15. The largest absolute Gasteiger partial charge is 0.396 e. The van der Waals surface area contributed by atoms with Crippen molar-refractivity contribution in [1.29, 1.82) is 0 Å². The SMILES string of the molecule is CN(CCCCCO)S(=O)(=O)c1ncccc1F. The summed E-state index contributed by atoms with van der Waals surface area (Å²) in [6, 6.07) is 2.41. The molecule has 0 unspecified atom stereocenters. The van der Waals surface area contributed by atoms with Crippen LogP contribution in [0.25, 0.3) is 0 Å². The standard InChI is InChI=1S/C11H17FN2O3S/c1-14(8-3-2-4-9-15)18(16,17)11-10(12)6-5-7-13-11/h5-7,15H,2-4,8-9H2,1H3. The van der Waals surface area contributed by atoms with Crippen LogP contribution in [0.4, 0.5) is 4.39 Å². The minimum Gasteiger partial charge on any atom is -0.396 e. The van der Waals surface area contributed by atoms with Gasteiger partial charge >= 0.3 is 0 Å². The van der Waals surface area contributed by atoms with Crippen LogP contribution >= 0.6 is 0 Å². The molecule has 5 nitrogen and oxygen atoms in total. The molecule has 0 amide bonds. The Hall–Kier alpha value is -1.05. The van der Waals surface area contributed by atoms with Crippen molar-refractivity contribution >= 4 is 10.0 Å². The summed E-state index contributed by atoms with van der Waals surface area (Å²) in [7, 11) is -2.48. The van der Waals surface area contributed by atoms with E-state index in [2.05, 4.69) is 4.98 Å². The van der Waals surface area contributed by atoms with Crippen molar-refractivity contribution in [2.75, 3.05) is 20.2 Å². The van der Waals surface area contributed by atoms with Crippen LogP contribution in [0, 0.1) is 5.82 Å². The van der Waals surface area contributed by atoms with Crippen molar-refractivity contribution in [3.8, 4) is 0 Å². The molecule has 7 heteroatoms. The molecular weight excluding hydrogens is 259 g/mol. The zero-order valence-corrected chi connectivity index (χ0v) is 11.0. The molecule has 0 spiro atoms. The van der Waals surface area contributed by atoms with Gasteiger partial charge in [-0.15, -0.1) is 0 Å². The van der Waals surface area contributed by atoms with Gasteiger partial charge in [0.2, 0.25) is 5.03 Å². The fourth-order valence-electron chi connectivity index (χ4n) is 1.45. The van der Waals surface area contributed by atoms with Crippen LogP contribution < -0.4 is 0 Å². The molecule has 0 fully saturated rings. The molecule has 0 aliphatic heterocycles. The van der Waals surface area contributed by atoms with Crippen LogP contribution in [0.1, 0.15) is 19.3 Å². The van der Waals surface area contributed by atoms with Crippen LogP contribution in [-0.4, -0.2) is 43.0 Å². The molecule has 1 aromatic heterocycles. The molecule has 0 saturated carbocycles. The fourth-order valence-corrected chi connectivity index (χ4v) is 2.63. The topological polar surface area (TPSA) is 70.5 Å². The lowest BCUT2D eigenvalue weighted by Crippen LogP contribution is -2.29. The van der Waals surface area contributed by atoms with Crippen molar-refractivity contribution in [2.45, 2.75) is 24.3 Å². The van der Waals surface area contributed by atoms with Gasteiger partial charge in [0, 0.05) is 26.4 Å². The van der Waals surface area contributed by atoms with Gasteiger partial charge in [-0.25, -0.2) is 17.8 Å². The van der Waals surface area contributed by atoms with E-state index in [1.54, 1.807) is 0 Å². The molecule has 0 radical (unpaired) electrons. The monoisotopic (exact) mass is 276 g/mol. The summed E-state index contributed by atoms with van der Waals surface area (Å²) in [4.78, 5) is 3.57. The summed E-state index contributed by atoms with van der Waals surface area (Å²) in [6.45, 7) is 0.365. The van der Waals surface area contributed by atoms with Gasteiger partial charge in [0.1, 0.15) is 0 Å². The van der Waals surface area contributed by atoms with Gasteiger partial charge in [0.25, 0.3) is 10.0 Å². The van der Waals surface area contributed by atoms with E-state index in [0.717, 1.165) is 16.8 Å². The maximum Gasteiger partial charge on any atom is 0.263 e. The maximum absolute atomic E-state index is 13.4. The first-order valence-electron chi connectivity index (χ1n) is 5.68. The molecule has 0 atom stereocenters. The number of pyridine rings is 1. The van der Waals surface area contributed by atoms with Crippen molar-refractivity contribution < 1.29 is 17.9 Å². The Kier molecular flexibility index (Phi) is 5.64. The summed E-state index contributed by atoms with van der Waals surface area (Å²) in [5, 5.41) is 8.07. The predicted molar refractivity (Wildman–Crippen MR) is 64.9 cm³/mol. The number of hydrogen-bond acceptors (Lipinski definition) is 4. The second-order valence-electron chi connectivity index (χ2n) is 3.90. The molecule has 1 N–H and O–H groups in total. The van der Waals surface area contributed by atoms with E-state index < -0.39 is 20.9 Å².